The summed E-state index contributed by atoms with van der Waals surface area (Å²) in [7, 11) is 0. The number of hydrogen-bond acceptors (Lipinski definition) is 3. The lowest BCUT2D eigenvalue weighted by molar-refractivity contribution is 0.487. The van der Waals surface area contributed by atoms with Gasteiger partial charge < -0.3 is 9.64 Å². The Hall–Kier alpha value is -6.11. The Bertz CT molecular complexity index is 2170. The van der Waals surface area contributed by atoms with Crippen molar-refractivity contribution in [3.05, 3.63) is 163 Å². The lowest BCUT2D eigenvalue weighted by Gasteiger charge is -2.26. The van der Waals surface area contributed by atoms with Crippen LogP contribution in [0.25, 0.3) is 44.2 Å². The van der Waals surface area contributed by atoms with E-state index in [0.717, 1.165) is 56.4 Å². The van der Waals surface area contributed by atoms with Crippen LogP contribution in [-0.4, -0.2) is 0 Å². The summed E-state index contributed by atoms with van der Waals surface area (Å²) in [5, 5.41) is 11.5. The summed E-state index contributed by atoms with van der Waals surface area (Å²) in [6, 6.07) is 56.7. The number of fused-ring (bicyclic) bond motifs is 2. The Morgan fingerprint density at radius 3 is 1.68 bits per heavy atom. The maximum Gasteiger partial charge on any atom is 0.135 e. The molecule has 0 aromatic heterocycles. The van der Waals surface area contributed by atoms with E-state index in [-0.39, 0.29) is 0 Å². The molecule has 0 radical (unpaired) electrons. The zero-order valence-electron chi connectivity index (χ0n) is 23.8. The molecule has 8 rings (SSSR count). The van der Waals surface area contributed by atoms with Gasteiger partial charge in [-0.25, -0.2) is 0 Å². The Morgan fingerprint density at radius 2 is 1.02 bits per heavy atom. The van der Waals surface area contributed by atoms with Crippen LogP contribution in [0.1, 0.15) is 5.56 Å². The topological polar surface area (TPSA) is 36.3 Å². The second-order valence-electron chi connectivity index (χ2n) is 10.9. The van der Waals surface area contributed by atoms with Crippen molar-refractivity contribution in [1.29, 1.82) is 5.26 Å². The standard InChI is InChI=1S/C41H26N2O/c42-27-28-12-14-29(15-13-28)30-16-21-35(22-17-30)43(34-8-2-1-3-9-34)36-23-18-31(19-24-36)33-20-25-37-38-10-4-6-32-7-5-11-39(41(32)38)44-40(37)26-33/h1-26H. The molecular weight excluding hydrogens is 536 g/mol. The van der Waals surface area contributed by atoms with Crippen LogP contribution >= 0.6 is 0 Å². The zero-order chi connectivity index (χ0) is 29.5. The highest BCUT2D eigenvalue weighted by molar-refractivity contribution is 6.04. The van der Waals surface area contributed by atoms with Crippen molar-refractivity contribution in [1.82, 2.24) is 0 Å². The zero-order valence-corrected chi connectivity index (χ0v) is 23.8. The van der Waals surface area contributed by atoms with Gasteiger partial charge in [0.05, 0.1) is 11.6 Å². The second-order valence-corrected chi connectivity index (χ2v) is 10.9. The fourth-order valence-corrected chi connectivity index (χ4v) is 6.11. The predicted molar refractivity (Wildman–Crippen MR) is 180 cm³/mol. The third-order valence-corrected chi connectivity index (χ3v) is 8.30. The van der Waals surface area contributed by atoms with Gasteiger partial charge in [-0.1, -0.05) is 91.0 Å². The lowest BCUT2D eigenvalue weighted by atomic mass is 9.93. The van der Waals surface area contributed by atoms with Gasteiger partial charge in [0.25, 0.3) is 0 Å². The van der Waals surface area contributed by atoms with Gasteiger partial charge in [0.2, 0.25) is 0 Å². The molecule has 1 aliphatic heterocycles. The van der Waals surface area contributed by atoms with E-state index >= 15 is 0 Å². The second kappa shape index (κ2) is 10.6. The number of anilines is 3. The largest absolute Gasteiger partial charge is 0.456 e. The first kappa shape index (κ1) is 25.6. The quantitative estimate of drug-likeness (QED) is 0.209. The van der Waals surface area contributed by atoms with Crippen molar-refractivity contribution in [2.24, 2.45) is 0 Å². The first-order valence-corrected chi connectivity index (χ1v) is 14.7. The molecule has 0 spiro atoms. The molecule has 3 nitrogen and oxygen atoms in total. The molecule has 3 heteroatoms. The monoisotopic (exact) mass is 562 g/mol. The third-order valence-electron chi connectivity index (χ3n) is 8.30. The van der Waals surface area contributed by atoms with Crippen LogP contribution in [-0.2, 0) is 0 Å². The fourth-order valence-electron chi connectivity index (χ4n) is 6.11. The van der Waals surface area contributed by atoms with E-state index in [9.17, 15) is 0 Å². The van der Waals surface area contributed by atoms with Gasteiger partial charge in [-0.3, -0.25) is 0 Å². The number of benzene rings is 7. The van der Waals surface area contributed by atoms with Crippen molar-refractivity contribution >= 4 is 27.8 Å². The average molecular weight is 563 g/mol. The van der Waals surface area contributed by atoms with Crippen molar-refractivity contribution < 1.29 is 4.74 Å². The molecule has 0 saturated carbocycles. The third kappa shape index (κ3) is 4.47. The van der Waals surface area contributed by atoms with Gasteiger partial charge >= 0.3 is 0 Å². The Balaban J connectivity index is 1.12. The molecule has 44 heavy (non-hydrogen) atoms. The summed E-state index contributed by atoms with van der Waals surface area (Å²) in [5.41, 5.74) is 10.6. The van der Waals surface area contributed by atoms with E-state index in [1.807, 2.05) is 42.5 Å². The summed E-state index contributed by atoms with van der Waals surface area (Å²) >= 11 is 0. The highest BCUT2D eigenvalue weighted by atomic mass is 16.5. The smallest absolute Gasteiger partial charge is 0.135 e. The van der Waals surface area contributed by atoms with Gasteiger partial charge in [0.15, 0.2) is 0 Å². The summed E-state index contributed by atoms with van der Waals surface area (Å²) in [6.45, 7) is 0. The van der Waals surface area contributed by atoms with Crippen LogP contribution in [0.2, 0.25) is 0 Å². The molecule has 7 aromatic rings. The Labute approximate surface area is 256 Å². The molecule has 0 aliphatic carbocycles. The molecule has 0 saturated heterocycles. The summed E-state index contributed by atoms with van der Waals surface area (Å²) in [5.74, 6) is 1.79. The molecule has 0 bridgehead atoms. The van der Waals surface area contributed by atoms with Gasteiger partial charge in [0.1, 0.15) is 11.5 Å². The van der Waals surface area contributed by atoms with Crippen molar-refractivity contribution in [3.8, 4) is 50.9 Å². The van der Waals surface area contributed by atoms with E-state index in [2.05, 4.69) is 126 Å². The molecule has 206 valence electrons. The molecular formula is C41H26N2O. The van der Waals surface area contributed by atoms with E-state index in [0.29, 0.717) is 5.56 Å². The summed E-state index contributed by atoms with van der Waals surface area (Å²) < 4.78 is 6.42. The van der Waals surface area contributed by atoms with E-state index < -0.39 is 0 Å². The van der Waals surface area contributed by atoms with E-state index in [4.69, 9.17) is 10.00 Å². The van der Waals surface area contributed by atoms with Gasteiger partial charge in [-0.15, -0.1) is 0 Å². The van der Waals surface area contributed by atoms with Crippen LogP contribution in [0.3, 0.4) is 0 Å². The number of nitriles is 1. The van der Waals surface area contributed by atoms with Crippen molar-refractivity contribution in [2.45, 2.75) is 0 Å². The van der Waals surface area contributed by atoms with Gasteiger partial charge in [0, 0.05) is 28.0 Å². The molecule has 0 amide bonds. The number of hydrogen-bond donors (Lipinski definition) is 0. The van der Waals surface area contributed by atoms with Crippen LogP contribution < -0.4 is 9.64 Å². The minimum absolute atomic E-state index is 0.662. The first-order chi connectivity index (χ1) is 21.7. The van der Waals surface area contributed by atoms with Gasteiger partial charge in [-0.05, 0) is 99.9 Å². The van der Waals surface area contributed by atoms with Crippen LogP contribution in [0, 0.1) is 11.3 Å². The average Bonchev–Trinajstić information content (AvgIpc) is 3.10. The number of nitrogens with zero attached hydrogens (tertiary/aromatic N) is 2. The van der Waals surface area contributed by atoms with E-state index in [1.54, 1.807) is 0 Å². The minimum atomic E-state index is 0.662. The highest BCUT2D eigenvalue weighted by Crippen LogP contribution is 2.47. The Morgan fingerprint density at radius 1 is 0.455 bits per heavy atom. The number of rotatable bonds is 5. The molecule has 0 fully saturated rings. The van der Waals surface area contributed by atoms with E-state index in [1.165, 1.54) is 16.3 Å². The molecule has 0 N–H and O–H groups in total. The normalized spacial score (nSPS) is 11.3. The first-order valence-electron chi connectivity index (χ1n) is 14.7. The maximum absolute atomic E-state index is 9.14. The van der Waals surface area contributed by atoms with Gasteiger partial charge in [-0.2, -0.15) is 5.26 Å². The van der Waals surface area contributed by atoms with Crippen LogP contribution in [0.5, 0.6) is 11.5 Å². The van der Waals surface area contributed by atoms with Crippen molar-refractivity contribution in [3.63, 3.8) is 0 Å². The predicted octanol–water partition coefficient (Wildman–Crippen LogP) is 11.3. The van der Waals surface area contributed by atoms with Crippen molar-refractivity contribution in [2.75, 3.05) is 4.90 Å². The molecule has 0 unspecified atom stereocenters. The minimum Gasteiger partial charge on any atom is -0.456 e. The van der Waals surface area contributed by atoms with Crippen LogP contribution in [0.15, 0.2) is 158 Å². The molecule has 0 atom stereocenters. The maximum atomic E-state index is 9.14. The summed E-state index contributed by atoms with van der Waals surface area (Å²) in [4.78, 5) is 2.26. The molecule has 7 aromatic carbocycles. The SMILES string of the molecule is N#Cc1ccc(-c2ccc(N(c3ccccc3)c3ccc(-c4ccc5c(c4)Oc4cccc6cccc-5c46)cc3)cc2)cc1. The lowest BCUT2D eigenvalue weighted by Crippen LogP contribution is -2.09. The highest BCUT2D eigenvalue weighted by Gasteiger charge is 2.20. The Kier molecular flexibility index (Phi) is 6.18. The molecule has 1 aliphatic rings. The van der Waals surface area contributed by atoms with Crippen LogP contribution in [0.4, 0.5) is 17.1 Å². The number of para-hydroxylation sites is 1. The summed E-state index contributed by atoms with van der Waals surface area (Å²) in [6.07, 6.45) is 0. The number of ether oxygens (including phenoxy) is 1. The molecule has 1 heterocycles. The fraction of sp³-hybridized carbons (Fsp3) is 0.